The minimum Gasteiger partial charge on any atom is -0.494 e. The van der Waals surface area contributed by atoms with E-state index in [-0.39, 0.29) is 23.3 Å². The number of hydrogen-bond acceptors (Lipinski definition) is 7. The highest BCUT2D eigenvalue weighted by Gasteiger charge is 2.40. The summed E-state index contributed by atoms with van der Waals surface area (Å²) in [6.45, 7) is 2.18. The van der Waals surface area contributed by atoms with Crippen molar-refractivity contribution in [2.75, 3.05) is 32.3 Å². The molecule has 0 unspecified atom stereocenters. The molecule has 2 aromatic rings. The fourth-order valence-corrected chi connectivity index (χ4v) is 3.45. The van der Waals surface area contributed by atoms with Crippen LogP contribution in [0.2, 0.25) is 0 Å². The van der Waals surface area contributed by atoms with Crippen LogP contribution in [0.25, 0.3) is 6.08 Å². The third kappa shape index (κ3) is 4.78. The molecule has 0 aromatic heterocycles. The maximum atomic E-state index is 13.3. The molecule has 0 radical (unpaired) electrons. The molecule has 3 rings (SSSR count). The zero-order valence-electron chi connectivity index (χ0n) is 17.9. The zero-order chi connectivity index (χ0) is 23.3. The number of nitrogens with zero attached hydrogens (tertiary/aromatic N) is 2. The van der Waals surface area contributed by atoms with E-state index in [9.17, 15) is 14.4 Å². The summed E-state index contributed by atoms with van der Waals surface area (Å²) in [6.07, 6.45) is 1.60. The molecule has 9 heteroatoms. The fraction of sp³-hybridized carbons (Fsp3) is 0.217. The van der Waals surface area contributed by atoms with Gasteiger partial charge in [-0.3, -0.25) is 14.5 Å². The van der Waals surface area contributed by atoms with Gasteiger partial charge in [0, 0.05) is 0 Å². The molecule has 1 fully saturated rings. The maximum Gasteiger partial charge on any atom is 0.337 e. The lowest BCUT2D eigenvalue weighted by molar-refractivity contribution is -0.140. The van der Waals surface area contributed by atoms with E-state index in [1.807, 2.05) is 6.92 Å². The molecular formula is C23H22N2O6S. The molecule has 1 aliphatic rings. The molecular weight excluding hydrogens is 432 g/mol. The van der Waals surface area contributed by atoms with Crippen LogP contribution < -0.4 is 9.64 Å². The molecule has 0 saturated carbocycles. The van der Waals surface area contributed by atoms with Gasteiger partial charge in [-0.15, -0.1) is 0 Å². The highest BCUT2D eigenvalue weighted by atomic mass is 32.1. The van der Waals surface area contributed by atoms with Crippen LogP contribution in [0, 0.1) is 0 Å². The standard InChI is InChI=1S/C23H22N2O6S/c1-4-31-18-11-9-17(10-12-18)25-21(27)19(24(23(25)32)14-20(26)29-2)13-15-5-7-16(8-6-15)22(28)30-3/h5-13H,4,14H2,1-3H3/b19-13-. The number of thiocarbonyl (C=S) groups is 1. The third-order valence-corrected chi connectivity index (χ3v) is 5.09. The Labute approximate surface area is 191 Å². The average Bonchev–Trinajstić information content (AvgIpc) is 3.03. The van der Waals surface area contributed by atoms with Crippen molar-refractivity contribution in [2.24, 2.45) is 0 Å². The second kappa shape index (κ2) is 10.1. The summed E-state index contributed by atoms with van der Waals surface area (Å²) in [5, 5.41) is 0.155. The number of carbonyl (C=O) groups excluding carboxylic acids is 3. The Morgan fingerprint density at radius 1 is 1.00 bits per heavy atom. The number of methoxy groups -OCH3 is 2. The second-order valence-corrected chi connectivity index (χ2v) is 7.02. The summed E-state index contributed by atoms with van der Waals surface area (Å²) in [5.74, 6) is -0.723. The molecule has 1 saturated heterocycles. The van der Waals surface area contributed by atoms with Crippen molar-refractivity contribution in [1.82, 2.24) is 4.90 Å². The number of carbonyl (C=O) groups is 3. The number of ether oxygens (including phenoxy) is 3. The summed E-state index contributed by atoms with van der Waals surface area (Å²) in [7, 11) is 2.57. The van der Waals surface area contributed by atoms with Gasteiger partial charge in [-0.2, -0.15) is 0 Å². The van der Waals surface area contributed by atoms with E-state index in [1.54, 1.807) is 54.6 Å². The Morgan fingerprint density at radius 3 is 2.22 bits per heavy atom. The van der Waals surface area contributed by atoms with Crippen molar-refractivity contribution in [1.29, 1.82) is 0 Å². The van der Waals surface area contributed by atoms with Crippen LogP contribution in [0.4, 0.5) is 5.69 Å². The van der Waals surface area contributed by atoms with Crippen molar-refractivity contribution in [2.45, 2.75) is 6.92 Å². The number of hydrogen-bond donors (Lipinski definition) is 0. The summed E-state index contributed by atoms with van der Waals surface area (Å²) in [4.78, 5) is 39.7. The van der Waals surface area contributed by atoms with E-state index in [2.05, 4.69) is 0 Å². The quantitative estimate of drug-likeness (QED) is 0.359. The SMILES string of the molecule is CCOc1ccc(N2C(=O)/C(=C/c3ccc(C(=O)OC)cc3)N(CC(=O)OC)C2=S)cc1. The Hall–Kier alpha value is -3.72. The number of benzene rings is 2. The summed E-state index contributed by atoms with van der Waals surface area (Å²) in [6, 6.07) is 13.4. The third-order valence-electron chi connectivity index (χ3n) is 4.69. The molecule has 2 aromatic carbocycles. The van der Waals surface area contributed by atoms with Crippen molar-refractivity contribution < 1.29 is 28.6 Å². The van der Waals surface area contributed by atoms with Crippen LogP contribution in [0.15, 0.2) is 54.2 Å². The number of amides is 1. The Morgan fingerprint density at radius 2 is 1.66 bits per heavy atom. The molecule has 0 bridgehead atoms. The minimum absolute atomic E-state index is 0.155. The van der Waals surface area contributed by atoms with E-state index in [1.165, 1.54) is 24.0 Å². The van der Waals surface area contributed by atoms with Gasteiger partial charge in [0.05, 0.1) is 32.1 Å². The van der Waals surface area contributed by atoms with Gasteiger partial charge in [-0.25, -0.2) is 4.79 Å². The maximum absolute atomic E-state index is 13.3. The average molecular weight is 455 g/mol. The first-order valence-electron chi connectivity index (χ1n) is 9.75. The fourth-order valence-electron chi connectivity index (χ4n) is 3.10. The lowest BCUT2D eigenvalue weighted by Crippen LogP contribution is -2.35. The Balaban J connectivity index is 1.97. The lowest BCUT2D eigenvalue weighted by Gasteiger charge is -2.19. The first-order chi connectivity index (χ1) is 15.4. The van der Waals surface area contributed by atoms with Crippen LogP contribution in [-0.2, 0) is 19.1 Å². The van der Waals surface area contributed by atoms with E-state index in [0.717, 1.165) is 0 Å². The van der Waals surface area contributed by atoms with Gasteiger partial charge in [-0.05, 0) is 67.2 Å². The summed E-state index contributed by atoms with van der Waals surface area (Å²) < 4.78 is 14.9. The predicted molar refractivity (Wildman–Crippen MR) is 122 cm³/mol. The molecule has 8 nitrogen and oxygen atoms in total. The molecule has 1 heterocycles. The molecule has 1 amide bonds. The van der Waals surface area contributed by atoms with E-state index < -0.39 is 11.9 Å². The van der Waals surface area contributed by atoms with Crippen LogP contribution in [0.5, 0.6) is 5.75 Å². The van der Waals surface area contributed by atoms with Crippen LogP contribution >= 0.6 is 12.2 Å². The largest absolute Gasteiger partial charge is 0.494 e. The van der Waals surface area contributed by atoms with E-state index >= 15 is 0 Å². The first kappa shape index (κ1) is 23.0. The zero-order valence-corrected chi connectivity index (χ0v) is 18.7. The Kier molecular flexibility index (Phi) is 7.21. The monoisotopic (exact) mass is 454 g/mol. The topological polar surface area (TPSA) is 85.4 Å². The van der Waals surface area contributed by atoms with Gasteiger partial charge < -0.3 is 19.1 Å². The highest BCUT2D eigenvalue weighted by molar-refractivity contribution is 7.80. The van der Waals surface area contributed by atoms with Gasteiger partial charge in [0.1, 0.15) is 18.0 Å². The molecule has 0 aliphatic carbocycles. The van der Waals surface area contributed by atoms with Crippen LogP contribution in [-0.4, -0.2) is 55.2 Å². The molecule has 0 atom stereocenters. The van der Waals surface area contributed by atoms with E-state index in [0.29, 0.717) is 29.2 Å². The van der Waals surface area contributed by atoms with Crippen molar-refractivity contribution >= 4 is 46.9 Å². The predicted octanol–water partition coefficient (Wildman–Crippen LogP) is 3.02. The normalized spacial score (nSPS) is 14.7. The van der Waals surface area contributed by atoms with Crippen molar-refractivity contribution in [3.8, 4) is 5.75 Å². The van der Waals surface area contributed by atoms with Gasteiger partial charge in [-0.1, -0.05) is 12.1 Å². The van der Waals surface area contributed by atoms with Crippen LogP contribution in [0.1, 0.15) is 22.8 Å². The summed E-state index contributed by atoms with van der Waals surface area (Å²) >= 11 is 5.53. The van der Waals surface area contributed by atoms with Crippen molar-refractivity contribution in [3.63, 3.8) is 0 Å². The number of rotatable bonds is 7. The van der Waals surface area contributed by atoms with Gasteiger partial charge in [0.15, 0.2) is 5.11 Å². The van der Waals surface area contributed by atoms with Gasteiger partial charge >= 0.3 is 11.9 Å². The molecule has 32 heavy (non-hydrogen) atoms. The van der Waals surface area contributed by atoms with Gasteiger partial charge in [0.25, 0.3) is 5.91 Å². The summed E-state index contributed by atoms with van der Waals surface area (Å²) in [5.41, 5.74) is 1.78. The molecule has 1 aliphatic heterocycles. The molecule has 0 spiro atoms. The van der Waals surface area contributed by atoms with Gasteiger partial charge in [0.2, 0.25) is 0 Å². The highest BCUT2D eigenvalue weighted by Crippen LogP contribution is 2.30. The minimum atomic E-state index is -0.541. The molecule has 166 valence electrons. The number of esters is 2. The Bertz CT molecular complexity index is 1060. The first-order valence-corrected chi connectivity index (χ1v) is 10.2. The number of anilines is 1. The van der Waals surface area contributed by atoms with E-state index in [4.69, 9.17) is 26.4 Å². The van der Waals surface area contributed by atoms with Crippen molar-refractivity contribution in [3.05, 3.63) is 65.4 Å². The lowest BCUT2D eigenvalue weighted by atomic mass is 10.1. The molecule has 0 N–H and O–H groups in total. The second-order valence-electron chi connectivity index (χ2n) is 6.66. The van der Waals surface area contributed by atoms with Crippen LogP contribution in [0.3, 0.4) is 0 Å². The smallest absolute Gasteiger partial charge is 0.337 e.